The van der Waals surface area contributed by atoms with Crippen molar-refractivity contribution in [3.05, 3.63) is 63.7 Å². The highest BCUT2D eigenvalue weighted by Crippen LogP contribution is 2.45. The van der Waals surface area contributed by atoms with Crippen LogP contribution in [-0.4, -0.2) is 34.8 Å². The van der Waals surface area contributed by atoms with Gasteiger partial charge in [0.1, 0.15) is 12.4 Å². The molecule has 0 amide bonds. The van der Waals surface area contributed by atoms with Crippen molar-refractivity contribution < 1.29 is 14.3 Å². The number of carbonyl (C=O) groups excluding carboxylic acids is 1. The summed E-state index contributed by atoms with van der Waals surface area (Å²) in [4.78, 5) is 18.9. The Kier molecular flexibility index (Phi) is 4.35. The Balaban J connectivity index is 1.62. The highest BCUT2D eigenvalue weighted by atomic mass is 32.1. The number of thiophene rings is 1. The number of aromatic nitrogens is 3. The number of methoxy groups -OCH3 is 2. The molecule has 0 radical (unpaired) electrons. The Bertz CT molecular complexity index is 1100. The normalized spacial score (nSPS) is 20.7. The molecular formula is C21H20N4O3S. The van der Waals surface area contributed by atoms with Crippen LogP contribution in [0.25, 0.3) is 0 Å². The summed E-state index contributed by atoms with van der Waals surface area (Å²) in [6.07, 6.45) is 2.78. The number of nitrogens with zero attached hydrogens (tertiary/aromatic N) is 3. The van der Waals surface area contributed by atoms with Gasteiger partial charge in [-0.2, -0.15) is 10.1 Å². The molecule has 29 heavy (non-hydrogen) atoms. The van der Waals surface area contributed by atoms with Crippen molar-refractivity contribution in [1.29, 1.82) is 0 Å². The van der Waals surface area contributed by atoms with Gasteiger partial charge in [0.15, 0.2) is 17.3 Å². The highest BCUT2D eigenvalue weighted by molar-refractivity contribution is 7.10. The van der Waals surface area contributed by atoms with E-state index in [4.69, 9.17) is 9.47 Å². The molecule has 0 bridgehead atoms. The number of fused-ring (bicyclic) bond motifs is 1. The number of Topliss-reactive ketones (excluding diaryl/α,β-unsaturated/α-hetero) is 1. The smallest absolute Gasteiger partial charge is 0.226 e. The summed E-state index contributed by atoms with van der Waals surface area (Å²) in [5.41, 5.74) is 2.59. The molecule has 0 saturated carbocycles. The Hall–Kier alpha value is -3.13. The number of benzene rings is 1. The average Bonchev–Trinajstić information content (AvgIpc) is 3.43. The number of hydrogen-bond donors (Lipinski definition) is 1. The van der Waals surface area contributed by atoms with E-state index in [0.717, 1.165) is 23.3 Å². The van der Waals surface area contributed by atoms with Crippen LogP contribution in [0.5, 0.6) is 11.5 Å². The fraction of sp³-hybridized carbons (Fsp3) is 0.286. The minimum atomic E-state index is -0.347. The van der Waals surface area contributed by atoms with Gasteiger partial charge in [-0.1, -0.05) is 12.1 Å². The van der Waals surface area contributed by atoms with Gasteiger partial charge in [0, 0.05) is 28.5 Å². The van der Waals surface area contributed by atoms with Crippen LogP contribution in [0.2, 0.25) is 0 Å². The first kappa shape index (κ1) is 17.9. The first-order valence-corrected chi connectivity index (χ1v) is 10.3. The molecule has 1 N–H and O–H groups in total. The summed E-state index contributed by atoms with van der Waals surface area (Å²) < 4.78 is 12.6. The molecule has 2 unspecified atom stereocenters. The topological polar surface area (TPSA) is 78.3 Å². The van der Waals surface area contributed by atoms with E-state index in [2.05, 4.69) is 26.8 Å². The fourth-order valence-corrected chi connectivity index (χ4v) is 5.04. The zero-order chi connectivity index (χ0) is 20.0. The molecule has 7 nitrogen and oxygen atoms in total. The lowest BCUT2D eigenvalue weighted by Crippen LogP contribution is -2.33. The monoisotopic (exact) mass is 408 g/mol. The fourth-order valence-electron chi connectivity index (χ4n) is 4.21. The number of hydrogen-bond acceptors (Lipinski definition) is 7. The first-order chi connectivity index (χ1) is 14.2. The average molecular weight is 408 g/mol. The van der Waals surface area contributed by atoms with E-state index in [1.54, 1.807) is 30.2 Å². The summed E-state index contributed by atoms with van der Waals surface area (Å²) in [7, 11) is 3.21. The number of rotatable bonds is 4. The maximum Gasteiger partial charge on any atom is 0.226 e. The van der Waals surface area contributed by atoms with Gasteiger partial charge in [-0.3, -0.25) is 4.79 Å². The molecule has 8 heteroatoms. The lowest BCUT2D eigenvalue weighted by molar-refractivity contribution is -0.116. The van der Waals surface area contributed by atoms with E-state index >= 15 is 0 Å². The third-order valence-electron chi connectivity index (χ3n) is 5.53. The molecule has 3 aromatic rings. The van der Waals surface area contributed by atoms with Crippen molar-refractivity contribution in [2.45, 2.75) is 24.8 Å². The number of carbonyl (C=O) groups is 1. The number of ether oxygens (including phenoxy) is 2. The maximum atomic E-state index is 13.3. The van der Waals surface area contributed by atoms with Crippen LogP contribution >= 0.6 is 11.3 Å². The molecule has 2 atom stereocenters. The lowest BCUT2D eigenvalue weighted by Gasteiger charge is -2.35. The van der Waals surface area contributed by atoms with Crippen molar-refractivity contribution in [3.63, 3.8) is 0 Å². The zero-order valence-corrected chi connectivity index (χ0v) is 16.9. The quantitative estimate of drug-likeness (QED) is 0.708. The van der Waals surface area contributed by atoms with Crippen LogP contribution in [0, 0.1) is 0 Å². The van der Waals surface area contributed by atoms with E-state index in [-0.39, 0.29) is 17.7 Å². The van der Waals surface area contributed by atoms with Gasteiger partial charge >= 0.3 is 0 Å². The molecular weight excluding hydrogens is 388 g/mol. The molecule has 1 aromatic carbocycles. The SMILES string of the molecule is COc1ccc(C2C3=C(CC(c4cccs4)CC3=O)Nc3ncnn32)cc1OC. The minimum absolute atomic E-state index is 0.137. The van der Waals surface area contributed by atoms with Gasteiger partial charge in [-0.25, -0.2) is 4.68 Å². The second kappa shape index (κ2) is 7.04. The predicted molar refractivity (Wildman–Crippen MR) is 110 cm³/mol. The summed E-state index contributed by atoms with van der Waals surface area (Å²) >= 11 is 1.70. The van der Waals surface area contributed by atoms with Gasteiger partial charge in [-0.15, -0.1) is 11.3 Å². The van der Waals surface area contributed by atoms with E-state index in [1.165, 1.54) is 11.2 Å². The summed E-state index contributed by atoms with van der Waals surface area (Å²) in [5, 5.41) is 9.80. The molecule has 5 rings (SSSR count). The Morgan fingerprint density at radius 1 is 1.17 bits per heavy atom. The molecule has 2 aromatic heterocycles. The zero-order valence-electron chi connectivity index (χ0n) is 16.1. The van der Waals surface area contributed by atoms with E-state index < -0.39 is 0 Å². The largest absolute Gasteiger partial charge is 0.493 e. The highest BCUT2D eigenvalue weighted by Gasteiger charge is 2.39. The van der Waals surface area contributed by atoms with Gasteiger partial charge in [0.25, 0.3) is 0 Å². The predicted octanol–water partition coefficient (Wildman–Crippen LogP) is 3.77. The van der Waals surface area contributed by atoms with Crippen molar-refractivity contribution in [1.82, 2.24) is 14.8 Å². The van der Waals surface area contributed by atoms with Crippen LogP contribution in [0.1, 0.15) is 35.2 Å². The summed E-state index contributed by atoms with van der Waals surface area (Å²) in [6.45, 7) is 0. The number of nitrogens with one attached hydrogen (secondary N) is 1. The molecule has 2 aliphatic rings. The number of ketones is 1. The third-order valence-corrected chi connectivity index (χ3v) is 6.57. The number of allylic oxidation sites excluding steroid dienone is 2. The third kappa shape index (κ3) is 2.91. The van der Waals surface area contributed by atoms with Crippen LogP contribution in [-0.2, 0) is 4.79 Å². The van der Waals surface area contributed by atoms with Crippen LogP contribution in [0.4, 0.5) is 5.95 Å². The van der Waals surface area contributed by atoms with Gasteiger partial charge in [0.05, 0.1) is 14.2 Å². The minimum Gasteiger partial charge on any atom is -0.493 e. The van der Waals surface area contributed by atoms with Crippen molar-refractivity contribution in [2.75, 3.05) is 19.5 Å². The molecule has 0 fully saturated rings. The second-order valence-electron chi connectivity index (χ2n) is 7.11. The van der Waals surface area contributed by atoms with Gasteiger partial charge < -0.3 is 14.8 Å². The van der Waals surface area contributed by atoms with E-state index in [1.807, 2.05) is 24.3 Å². The first-order valence-electron chi connectivity index (χ1n) is 9.37. The standard InChI is InChI=1S/C21H20N4O3S/c1-27-16-6-5-12(10-17(16)28-2)20-19-14(24-21-22-11-23-25(20)21)8-13(9-15(19)26)18-4-3-7-29-18/h3-7,10-11,13,20H,8-9H2,1-2H3,(H,22,23,24). The molecule has 1 aliphatic heterocycles. The maximum absolute atomic E-state index is 13.3. The van der Waals surface area contributed by atoms with E-state index in [0.29, 0.717) is 23.9 Å². The summed E-state index contributed by atoms with van der Waals surface area (Å²) in [6, 6.07) is 9.50. The number of anilines is 1. The van der Waals surface area contributed by atoms with Crippen LogP contribution < -0.4 is 14.8 Å². The molecule has 3 heterocycles. The molecule has 0 spiro atoms. The van der Waals surface area contributed by atoms with Crippen molar-refractivity contribution >= 4 is 23.1 Å². The summed E-state index contributed by atoms with van der Waals surface area (Å²) in [5.74, 6) is 2.23. The van der Waals surface area contributed by atoms with E-state index in [9.17, 15) is 4.79 Å². The van der Waals surface area contributed by atoms with Crippen molar-refractivity contribution in [2.24, 2.45) is 0 Å². The van der Waals surface area contributed by atoms with Gasteiger partial charge in [-0.05, 0) is 35.6 Å². The van der Waals surface area contributed by atoms with Crippen molar-refractivity contribution in [3.8, 4) is 11.5 Å². The van der Waals surface area contributed by atoms with Gasteiger partial charge in [0.2, 0.25) is 5.95 Å². The second-order valence-corrected chi connectivity index (χ2v) is 8.09. The lowest BCUT2D eigenvalue weighted by atomic mass is 9.80. The van der Waals surface area contributed by atoms with Crippen LogP contribution in [0.3, 0.4) is 0 Å². The molecule has 148 valence electrons. The molecule has 0 saturated heterocycles. The Morgan fingerprint density at radius 2 is 2.03 bits per heavy atom. The Labute approximate surface area is 172 Å². The Morgan fingerprint density at radius 3 is 2.79 bits per heavy atom. The van der Waals surface area contributed by atoms with Crippen LogP contribution in [0.15, 0.2) is 53.3 Å². The molecule has 1 aliphatic carbocycles.